The van der Waals surface area contributed by atoms with Gasteiger partial charge in [-0.15, -0.1) is 12.4 Å². The topological polar surface area (TPSA) is 45.1 Å². The van der Waals surface area contributed by atoms with Gasteiger partial charge in [-0.25, -0.2) is 0 Å². The van der Waals surface area contributed by atoms with E-state index in [-0.39, 0.29) is 18.4 Å². The number of hydrogen-bond donors (Lipinski definition) is 2. The van der Waals surface area contributed by atoms with E-state index >= 15 is 0 Å². The highest BCUT2D eigenvalue weighted by Crippen LogP contribution is 2.05. The fraction of sp³-hybridized carbons (Fsp3) is 0.286. The first kappa shape index (κ1) is 10.4. The Morgan fingerprint density at radius 2 is 2.27 bits per heavy atom. The monoisotopic (exact) mass is 174 g/mol. The van der Waals surface area contributed by atoms with E-state index in [2.05, 4.69) is 10.5 Å². The van der Waals surface area contributed by atoms with Crippen LogP contribution >= 0.6 is 12.4 Å². The maximum Gasteiger partial charge on any atom is 0.0712 e. The van der Waals surface area contributed by atoms with E-state index < -0.39 is 0 Å². The van der Waals surface area contributed by atoms with E-state index in [1.807, 2.05) is 25.1 Å². The van der Waals surface area contributed by atoms with E-state index in [0.29, 0.717) is 0 Å². The number of aromatic nitrogens is 1. The highest BCUT2D eigenvalue weighted by atomic mass is 35.5. The molecule has 0 bridgehead atoms. The minimum atomic E-state index is -0.0961. The molecule has 2 N–H and O–H groups in total. The minimum Gasteiger partial charge on any atom is -0.316 e. The smallest absolute Gasteiger partial charge is 0.0712 e. The van der Waals surface area contributed by atoms with Gasteiger partial charge in [-0.05, 0) is 19.1 Å². The molecule has 1 atom stereocenters. The molecule has 1 aromatic rings. The van der Waals surface area contributed by atoms with Crippen LogP contribution in [0.2, 0.25) is 0 Å². The fourth-order valence-corrected chi connectivity index (χ4v) is 0.698. The highest BCUT2D eigenvalue weighted by Gasteiger charge is 2.01. The third-order valence-corrected chi connectivity index (χ3v) is 1.33. The number of pyridine rings is 1. The minimum absolute atomic E-state index is 0. The molecule has 0 aliphatic carbocycles. The van der Waals surface area contributed by atoms with Crippen molar-refractivity contribution in [3.8, 4) is 0 Å². The first-order valence-electron chi connectivity index (χ1n) is 3.15. The summed E-state index contributed by atoms with van der Waals surface area (Å²) in [7, 11) is 0. The van der Waals surface area contributed by atoms with Gasteiger partial charge in [0, 0.05) is 6.20 Å². The maximum atomic E-state index is 8.50. The van der Waals surface area contributed by atoms with Gasteiger partial charge in [0.15, 0.2) is 0 Å². The highest BCUT2D eigenvalue weighted by molar-refractivity contribution is 5.85. The molecular formula is C7H11ClN2O. The Kier molecular flexibility index (Phi) is 4.77. The van der Waals surface area contributed by atoms with Crippen LogP contribution in [0.15, 0.2) is 24.4 Å². The summed E-state index contributed by atoms with van der Waals surface area (Å²) in [5.74, 6) is 0. The van der Waals surface area contributed by atoms with Crippen LogP contribution in [0.3, 0.4) is 0 Å². The quantitative estimate of drug-likeness (QED) is 0.669. The van der Waals surface area contributed by atoms with E-state index in [4.69, 9.17) is 5.21 Å². The van der Waals surface area contributed by atoms with Gasteiger partial charge in [0.05, 0.1) is 11.7 Å². The Morgan fingerprint density at radius 3 is 2.73 bits per heavy atom. The van der Waals surface area contributed by atoms with Gasteiger partial charge in [0.25, 0.3) is 0 Å². The lowest BCUT2D eigenvalue weighted by atomic mass is 10.2. The molecular weight excluding hydrogens is 164 g/mol. The van der Waals surface area contributed by atoms with Crippen LogP contribution in [-0.2, 0) is 0 Å². The molecule has 62 valence electrons. The van der Waals surface area contributed by atoms with Crippen molar-refractivity contribution in [3.05, 3.63) is 30.1 Å². The molecule has 1 aromatic heterocycles. The number of hydroxylamine groups is 1. The summed E-state index contributed by atoms with van der Waals surface area (Å²) >= 11 is 0. The Balaban J connectivity index is 0.000001000. The van der Waals surface area contributed by atoms with Gasteiger partial charge >= 0.3 is 0 Å². The lowest BCUT2D eigenvalue weighted by molar-refractivity contribution is 0.132. The van der Waals surface area contributed by atoms with Crippen molar-refractivity contribution in [2.45, 2.75) is 13.0 Å². The third kappa shape index (κ3) is 2.84. The number of nitrogens with one attached hydrogen (secondary N) is 1. The molecule has 0 saturated heterocycles. The van der Waals surface area contributed by atoms with E-state index in [0.717, 1.165) is 5.69 Å². The van der Waals surface area contributed by atoms with Crippen LogP contribution in [0.25, 0.3) is 0 Å². The predicted molar refractivity (Wildman–Crippen MR) is 44.8 cm³/mol. The summed E-state index contributed by atoms with van der Waals surface area (Å²) in [4.78, 5) is 4.03. The summed E-state index contributed by atoms with van der Waals surface area (Å²) in [5.41, 5.74) is 2.96. The summed E-state index contributed by atoms with van der Waals surface area (Å²) in [6, 6.07) is 5.48. The van der Waals surface area contributed by atoms with Crippen molar-refractivity contribution in [2.24, 2.45) is 0 Å². The zero-order valence-corrected chi connectivity index (χ0v) is 7.01. The molecule has 0 radical (unpaired) electrons. The van der Waals surface area contributed by atoms with Gasteiger partial charge < -0.3 is 5.21 Å². The second kappa shape index (κ2) is 5.07. The molecule has 4 heteroatoms. The molecule has 0 spiro atoms. The second-order valence-corrected chi connectivity index (χ2v) is 2.11. The zero-order chi connectivity index (χ0) is 7.40. The molecule has 0 fully saturated rings. The molecule has 1 unspecified atom stereocenters. The average molecular weight is 175 g/mol. The van der Waals surface area contributed by atoms with Crippen LogP contribution in [0.5, 0.6) is 0 Å². The zero-order valence-electron chi connectivity index (χ0n) is 6.19. The summed E-state index contributed by atoms with van der Waals surface area (Å²) < 4.78 is 0. The Labute approximate surface area is 71.8 Å². The van der Waals surface area contributed by atoms with Crippen molar-refractivity contribution < 1.29 is 5.21 Å². The molecule has 1 rings (SSSR count). The van der Waals surface area contributed by atoms with Crippen LogP contribution < -0.4 is 5.48 Å². The Hall–Kier alpha value is -0.640. The first-order chi connectivity index (χ1) is 4.84. The van der Waals surface area contributed by atoms with Crippen LogP contribution in [0.1, 0.15) is 18.7 Å². The largest absolute Gasteiger partial charge is 0.316 e. The normalized spacial score (nSPS) is 11.8. The van der Waals surface area contributed by atoms with Crippen molar-refractivity contribution in [1.29, 1.82) is 0 Å². The summed E-state index contributed by atoms with van der Waals surface area (Å²) in [6.07, 6.45) is 1.70. The number of hydrogen-bond acceptors (Lipinski definition) is 3. The van der Waals surface area contributed by atoms with Crippen LogP contribution in [0, 0.1) is 0 Å². The Morgan fingerprint density at radius 1 is 1.55 bits per heavy atom. The lowest BCUT2D eigenvalue weighted by Gasteiger charge is -2.05. The standard InChI is InChI=1S/C7H10N2O.ClH/c1-6(9-10)7-4-2-3-5-8-7;/h2-6,9-10H,1H3;1H. The summed E-state index contributed by atoms with van der Waals surface area (Å²) in [6.45, 7) is 1.84. The van der Waals surface area contributed by atoms with Crippen LogP contribution in [0.4, 0.5) is 0 Å². The van der Waals surface area contributed by atoms with Crippen molar-refractivity contribution in [2.75, 3.05) is 0 Å². The Bertz CT molecular complexity index is 193. The molecule has 0 saturated carbocycles. The SMILES string of the molecule is CC(NO)c1ccccn1.Cl. The fourth-order valence-electron chi connectivity index (χ4n) is 0.698. The average Bonchev–Trinajstić information content (AvgIpc) is 2.05. The molecule has 0 aliphatic heterocycles. The number of nitrogens with zero attached hydrogens (tertiary/aromatic N) is 1. The lowest BCUT2D eigenvalue weighted by Crippen LogP contribution is -2.14. The molecule has 0 aliphatic rings. The van der Waals surface area contributed by atoms with Crippen molar-refractivity contribution >= 4 is 12.4 Å². The van der Waals surface area contributed by atoms with Crippen molar-refractivity contribution in [1.82, 2.24) is 10.5 Å². The number of rotatable bonds is 2. The molecule has 3 nitrogen and oxygen atoms in total. The third-order valence-electron chi connectivity index (χ3n) is 1.33. The maximum absolute atomic E-state index is 8.50. The molecule has 0 amide bonds. The van der Waals surface area contributed by atoms with Gasteiger partial charge in [-0.3, -0.25) is 4.98 Å². The summed E-state index contributed by atoms with van der Waals surface area (Å²) in [5, 5.41) is 8.50. The van der Waals surface area contributed by atoms with E-state index in [9.17, 15) is 0 Å². The van der Waals surface area contributed by atoms with Gasteiger partial charge in [-0.2, -0.15) is 5.48 Å². The van der Waals surface area contributed by atoms with E-state index in [1.54, 1.807) is 6.20 Å². The molecule has 11 heavy (non-hydrogen) atoms. The predicted octanol–water partition coefficient (Wildman–Crippen LogP) is 1.54. The molecule has 1 heterocycles. The van der Waals surface area contributed by atoms with Gasteiger partial charge in [-0.1, -0.05) is 6.07 Å². The van der Waals surface area contributed by atoms with Gasteiger partial charge in [0.1, 0.15) is 0 Å². The van der Waals surface area contributed by atoms with E-state index in [1.165, 1.54) is 0 Å². The second-order valence-electron chi connectivity index (χ2n) is 2.11. The van der Waals surface area contributed by atoms with Crippen molar-refractivity contribution in [3.63, 3.8) is 0 Å². The first-order valence-corrected chi connectivity index (χ1v) is 3.15. The van der Waals surface area contributed by atoms with Crippen LogP contribution in [-0.4, -0.2) is 10.2 Å². The van der Waals surface area contributed by atoms with Gasteiger partial charge in [0.2, 0.25) is 0 Å². The number of halogens is 1. The molecule has 0 aromatic carbocycles.